The third-order valence-electron chi connectivity index (χ3n) is 4.26. The lowest BCUT2D eigenvalue weighted by molar-refractivity contribution is 0.343. The number of aliphatic hydroxyl groups excluding tert-OH is 1. The summed E-state index contributed by atoms with van der Waals surface area (Å²) in [6.45, 7) is 1.96. The molecule has 0 aliphatic rings. The number of fused-ring (bicyclic) bond motifs is 1. The maximum atomic E-state index is 8.90. The molecule has 2 heterocycles. The van der Waals surface area contributed by atoms with Crippen LogP contribution in [-0.2, 0) is 6.42 Å². The minimum absolute atomic E-state index is 0.0316. The van der Waals surface area contributed by atoms with E-state index < -0.39 is 0 Å². The van der Waals surface area contributed by atoms with E-state index in [1.807, 2.05) is 67.6 Å². The molecule has 2 aromatic heterocycles. The minimum Gasteiger partial charge on any atom is -0.461 e. The van der Waals surface area contributed by atoms with Crippen molar-refractivity contribution in [3.63, 3.8) is 0 Å². The van der Waals surface area contributed by atoms with Gasteiger partial charge in [0.15, 0.2) is 0 Å². The fraction of sp³-hybridized carbons (Fsp3) is 0.136. The molecule has 0 bridgehead atoms. The fourth-order valence-electron chi connectivity index (χ4n) is 2.96. The Kier molecular flexibility index (Phi) is 4.42. The zero-order chi connectivity index (χ0) is 17.9. The maximum absolute atomic E-state index is 8.90. The molecule has 4 aromatic rings. The van der Waals surface area contributed by atoms with Crippen molar-refractivity contribution < 1.29 is 13.9 Å². The van der Waals surface area contributed by atoms with Crippen LogP contribution in [0.1, 0.15) is 22.8 Å². The van der Waals surface area contributed by atoms with Gasteiger partial charge in [-0.2, -0.15) is 0 Å². The van der Waals surface area contributed by atoms with Gasteiger partial charge in [0.25, 0.3) is 0 Å². The van der Waals surface area contributed by atoms with Crippen molar-refractivity contribution in [1.82, 2.24) is 4.98 Å². The van der Waals surface area contributed by atoms with Crippen LogP contribution in [0.25, 0.3) is 28.5 Å². The van der Waals surface area contributed by atoms with Crippen LogP contribution in [0.4, 0.5) is 0 Å². The standard InChI is InChI=1S/C22H19NO3/c1-15-20(23-22(25-15)17-7-3-2-4-8-17)14-19-13-18-12-16(6-5-11-24)9-10-21(18)26-19/h2-10,12-13,24H,11,14H2,1H3. The van der Waals surface area contributed by atoms with Crippen LogP contribution in [0.2, 0.25) is 0 Å². The number of furan rings is 1. The first kappa shape index (κ1) is 16.4. The van der Waals surface area contributed by atoms with E-state index in [9.17, 15) is 0 Å². The molecule has 0 amide bonds. The average Bonchev–Trinajstić information content (AvgIpc) is 3.23. The molecule has 0 aliphatic heterocycles. The molecule has 0 radical (unpaired) electrons. The van der Waals surface area contributed by atoms with E-state index in [0.29, 0.717) is 12.3 Å². The highest BCUT2D eigenvalue weighted by Gasteiger charge is 2.14. The van der Waals surface area contributed by atoms with Gasteiger partial charge in [0.05, 0.1) is 18.7 Å². The van der Waals surface area contributed by atoms with Crippen LogP contribution in [0, 0.1) is 6.92 Å². The topological polar surface area (TPSA) is 59.4 Å². The fourth-order valence-corrected chi connectivity index (χ4v) is 2.96. The van der Waals surface area contributed by atoms with Gasteiger partial charge >= 0.3 is 0 Å². The number of hydrogen-bond acceptors (Lipinski definition) is 4. The molecule has 0 fully saturated rings. The molecular formula is C22H19NO3. The van der Waals surface area contributed by atoms with E-state index in [0.717, 1.165) is 39.3 Å². The summed E-state index contributed by atoms with van der Waals surface area (Å²) in [6, 6.07) is 17.9. The van der Waals surface area contributed by atoms with Gasteiger partial charge in [-0.25, -0.2) is 4.98 Å². The highest BCUT2D eigenvalue weighted by atomic mass is 16.4. The Balaban J connectivity index is 1.61. The van der Waals surface area contributed by atoms with Gasteiger partial charge in [0.1, 0.15) is 17.1 Å². The SMILES string of the molecule is Cc1oc(-c2ccccc2)nc1Cc1cc2cc(C=CCO)ccc2o1. The molecule has 26 heavy (non-hydrogen) atoms. The lowest BCUT2D eigenvalue weighted by Crippen LogP contribution is -1.88. The van der Waals surface area contributed by atoms with E-state index in [1.54, 1.807) is 6.08 Å². The summed E-state index contributed by atoms with van der Waals surface area (Å²) in [7, 11) is 0. The molecule has 0 aliphatic carbocycles. The molecule has 130 valence electrons. The smallest absolute Gasteiger partial charge is 0.226 e. The molecule has 0 unspecified atom stereocenters. The van der Waals surface area contributed by atoms with Crippen molar-refractivity contribution in [3.8, 4) is 11.5 Å². The molecule has 0 saturated heterocycles. The third-order valence-corrected chi connectivity index (χ3v) is 4.26. The summed E-state index contributed by atoms with van der Waals surface area (Å²) in [6.07, 6.45) is 4.19. The quantitative estimate of drug-likeness (QED) is 0.553. The van der Waals surface area contributed by atoms with Gasteiger partial charge in [-0.3, -0.25) is 0 Å². The summed E-state index contributed by atoms with van der Waals surface area (Å²) in [4.78, 5) is 4.64. The largest absolute Gasteiger partial charge is 0.461 e. The zero-order valence-electron chi connectivity index (χ0n) is 14.5. The monoisotopic (exact) mass is 345 g/mol. The Hall–Kier alpha value is -3.11. The van der Waals surface area contributed by atoms with Gasteiger partial charge in [0.2, 0.25) is 5.89 Å². The summed E-state index contributed by atoms with van der Waals surface area (Å²) in [5, 5.41) is 9.93. The second kappa shape index (κ2) is 7.02. The minimum atomic E-state index is 0.0316. The average molecular weight is 345 g/mol. The zero-order valence-corrected chi connectivity index (χ0v) is 14.5. The highest BCUT2D eigenvalue weighted by molar-refractivity contribution is 5.81. The summed E-state index contributed by atoms with van der Waals surface area (Å²) < 4.78 is 11.8. The summed E-state index contributed by atoms with van der Waals surface area (Å²) >= 11 is 0. The Morgan fingerprint density at radius 2 is 1.88 bits per heavy atom. The van der Waals surface area contributed by atoms with Crippen LogP contribution >= 0.6 is 0 Å². The van der Waals surface area contributed by atoms with Gasteiger partial charge in [-0.1, -0.05) is 36.4 Å². The summed E-state index contributed by atoms with van der Waals surface area (Å²) in [5.41, 5.74) is 3.71. The predicted octanol–water partition coefficient (Wildman–Crippen LogP) is 4.99. The van der Waals surface area contributed by atoms with Crippen molar-refractivity contribution in [2.24, 2.45) is 0 Å². The first-order valence-electron chi connectivity index (χ1n) is 8.54. The molecule has 4 rings (SSSR count). The summed E-state index contributed by atoms with van der Waals surface area (Å²) in [5.74, 6) is 2.28. The van der Waals surface area contributed by atoms with E-state index in [1.165, 1.54) is 0 Å². The van der Waals surface area contributed by atoms with Gasteiger partial charge < -0.3 is 13.9 Å². The molecule has 2 aromatic carbocycles. The first-order valence-corrected chi connectivity index (χ1v) is 8.54. The Morgan fingerprint density at radius 3 is 2.69 bits per heavy atom. The molecule has 0 spiro atoms. The van der Waals surface area contributed by atoms with Gasteiger partial charge in [-0.05, 0) is 42.8 Å². The van der Waals surface area contributed by atoms with Crippen LogP contribution in [0.5, 0.6) is 0 Å². The second-order valence-corrected chi connectivity index (χ2v) is 6.16. The molecule has 0 atom stereocenters. The number of rotatable bonds is 5. The molecular weight excluding hydrogens is 326 g/mol. The second-order valence-electron chi connectivity index (χ2n) is 6.16. The number of aliphatic hydroxyl groups is 1. The molecule has 0 saturated carbocycles. The lowest BCUT2D eigenvalue weighted by atomic mass is 10.1. The number of nitrogens with zero attached hydrogens (tertiary/aromatic N) is 1. The number of hydrogen-bond donors (Lipinski definition) is 1. The van der Waals surface area contributed by atoms with Gasteiger partial charge in [-0.15, -0.1) is 0 Å². The van der Waals surface area contributed by atoms with E-state index in [4.69, 9.17) is 13.9 Å². The van der Waals surface area contributed by atoms with Crippen LogP contribution < -0.4 is 0 Å². The van der Waals surface area contributed by atoms with Crippen molar-refractivity contribution in [3.05, 3.63) is 83.5 Å². The van der Waals surface area contributed by atoms with Crippen molar-refractivity contribution in [1.29, 1.82) is 0 Å². The van der Waals surface area contributed by atoms with E-state index >= 15 is 0 Å². The molecule has 4 nitrogen and oxygen atoms in total. The maximum Gasteiger partial charge on any atom is 0.226 e. The Bertz CT molecular complexity index is 1060. The number of benzene rings is 2. The Morgan fingerprint density at radius 1 is 1.04 bits per heavy atom. The van der Waals surface area contributed by atoms with Crippen LogP contribution in [0.15, 0.2) is 69.5 Å². The van der Waals surface area contributed by atoms with E-state index in [-0.39, 0.29) is 6.61 Å². The number of aryl methyl sites for hydroxylation is 1. The predicted molar refractivity (Wildman–Crippen MR) is 102 cm³/mol. The number of aromatic nitrogens is 1. The van der Waals surface area contributed by atoms with Crippen LogP contribution in [0.3, 0.4) is 0 Å². The molecule has 1 N–H and O–H groups in total. The van der Waals surface area contributed by atoms with Gasteiger partial charge in [0, 0.05) is 10.9 Å². The van der Waals surface area contributed by atoms with Crippen molar-refractivity contribution in [2.75, 3.05) is 6.61 Å². The van der Waals surface area contributed by atoms with Crippen LogP contribution in [-0.4, -0.2) is 16.7 Å². The van der Waals surface area contributed by atoms with Crippen molar-refractivity contribution >= 4 is 17.0 Å². The highest BCUT2D eigenvalue weighted by Crippen LogP contribution is 2.26. The lowest BCUT2D eigenvalue weighted by Gasteiger charge is -1.93. The number of oxazole rings is 1. The normalized spacial score (nSPS) is 11.6. The van der Waals surface area contributed by atoms with E-state index in [2.05, 4.69) is 4.98 Å². The Labute approximate surface area is 151 Å². The first-order chi connectivity index (χ1) is 12.7. The van der Waals surface area contributed by atoms with Crippen molar-refractivity contribution in [2.45, 2.75) is 13.3 Å². The molecule has 4 heteroatoms. The third kappa shape index (κ3) is 3.32.